The average Bonchev–Trinajstić information content (AvgIpc) is 2.55. The van der Waals surface area contributed by atoms with E-state index < -0.39 is 45.4 Å². The van der Waals surface area contributed by atoms with Crippen LogP contribution in [0.3, 0.4) is 0 Å². The molecule has 1 aromatic carbocycles. The van der Waals surface area contributed by atoms with E-state index >= 15 is 0 Å². The van der Waals surface area contributed by atoms with Crippen molar-refractivity contribution in [2.45, 2.75) is 36.9 Å². The number of rotatable bonds is 4. The minimum atomic E-state index is -5.99. The molecule has 0 radical (unpaired) electrons. The van der Waals surface area contributed by atoms with Gasteiger partial charge in [-0.2, -0.15) is 21.6 Å². The first-order valence-corrected chi connectivity index (χ1v) is 8.85. The van der Waals surface area contributed by atoms with Gasteiger partial charge in [-0.05, 0) is 30.5 Å². The second-order valence-electron chi connectivity index (χ2n) is 5.85. The molecule has 1 aliphatic carbocycles. The monoisotopic (exact) mass is 396 g/mol. The number of aryl methyl sites for hydroxylation is 1. The Kier molecular flexibility index (Phi) is 5.36. The molecule has 0 spiro atoms. The lowest BCUT2D eigenvalue weighted by molar-refractivity contribution is -0.148. The van der Waals surface area contributed by atoms with Crippen molar-refractivity contribution in [3.05, 3.63) is 47.2 Å². The summed E-state index contributed by atoms with van der Waals surface area (Å²) in [6.07, 6.45) is -2.27. The number of hydrogen-bond donors (Lipinski definition) is 0. The third kappa shape index (κ3) is 3.55. The van der Waals surface area contributed by atoms with Crippen LogP contribution in [0.5, 0.6) is 0 Å². The molecule has 1 aliphatic rings. The van der Waals surface area contributed by atoms with E-state index in [0.29, 0.717) is 11.1 Å². The molecule has 0 bridgehead atoms. The Morgan fingerprint density at radius 1 is 1.27 bits per heavy atom. The first-order valence-electron chi connectivity index (χ1n) is 7.44. The number of alkyl halides is 4. The topological polar surface area (TPSA) is 69.7 Å². The molecule has 0 amide bonds. The molecule has 0 heterocycles. The van der Waals surface area contributed by atoms with Crippen molar-refractivity contribution in [3.8, 4) is 0 Å². The van der Waals surface area contributed by atoms with Gasteiger partial charge in [0.15, 0.2) is 6.17 Å². The van der Waals surface area contributed by atoms with E-state index in [4.69, 9.17) is 4.74 Å². The van der Waals surface area contributed by atoms with Gasteiger partial charge in [0.25, 0.3) is 0 Å². The van der Waals surface area contributed by atoms with E-state index in [2.05, 4.69) is 4.18 Å². The van der Waals surface area contributed by atoms with Crippen molar-refractivity contribution in [2.75, 3.05) is 7.11 Å². The summed E-state index contributed by atoms with van der Waals surface area (Å²) in [4.78, 5) is 12.4. The van der Waals surface area contributed by atoms with Crippen molar-refractivity contribution < 1.29 is 39.7 Å². The molecular formula is C16H16F4O5S. The van der Waals surface area contributed by atoms with Crippen LogP contribution in [0.1, 0.15) is 24.0 Å². The van der Waals surface area contributed by atoms with Gasteiger partial charge in [-0.3, -0.25) is 4.79 Å². The molecule has 1 aromatic rings. The summed E-state index contributed by atoms with van der Waals surface area (Å²) in [5, 5.41) is 0. The van der Waals surface area contributed by atoms with Crippen LogP contribution in [-0.4, -0.2) is 33.2 Å². The minimum absolute atomic E-state index is 0.270. The molecule has 0 aromatic heterocycles. The zero-order chi connectivity index (χ0) is 19.8. The van der Waals surface area contributed by atoms with E-state index in [9.17, 15) is 30.8 Å². The highest BCUT2D eigenvalue weighted by Gasteiger charge is 2.52. The first-order chi connectivity index (χ1) is 11.9. The summed E-state index contributed by atoms with van der Waals surface area (Å²) >= 11 is 0. The van der Waals surface area contributed by atoms with Crippen molar-refractivity contribution >= 4 is 16.1 Å². The third-order valence-electron chi connectivity index (χ3n) is 4.21. The zero-order valence-electron chi connectivity index (χ0n) is 13.8. The molecule has 2 atom stereocenters. The van der Waals surface area contributed by atoms with Crippen LogP contribution >= 0.6 is 0 Å². The van der Waals surface area contributed by atoms with Gasteiger partial charge in [-0.25, -0.2) is 4.39 Å². The SMILES string of the molecule is COC(=O)C1(c2ccccc2C)CC=C(OS(=O)(=O)C(F)(F)F)C(F)C1. The molecule has 2 unspecified atom stereocenters. The highest BCUT2D eigenvalue weighted by atomic mass is 32.2. The van der Waals surface area contributed by atoms with Gasteiger partial charge in [0.2, 0.25) is 0 Å². The Balaban J connectivity index is 2.45. The quantitative estimate of drug-likeness (QED) is 0.338. The van der Waals surface area contributed by atoms with Gasteiger partial charge in [0, 0.05) is 6.42 Å². The number of carbonyl (C=O) groups excluding carboxylic acids is 1. The zero-order valence-corrected chi connectivity index (χ0v) is 14.7. The molecule has 2 rings (SSSR count). The first kappa shape index (κ1) is 20.2. The van der Waals surface area contributed by atoms with E-state index in [1.54, 1.807) is 31.2 Å². The number of allylic oxidation sites excluding steroid dienone is 2. The van der Waals surface area contributed by atoms with Crippen LogP contribution in [0.15, 0.2) is 36.1 Å². The van der Waals surface area contributed by atoms with Crippen LogP contribution < -0.4 is 0 Å². The third-order valence-corrected chi connectivity index (χ3v) is 5.19. The minimum Gasteiger partial charge on any atom is -0.468 e. The Hall–Kier alpha value is -2.10. The number of benzene rings is 1. The second-order valence-corrected chi connectivity index (χ2v) is 7.39. The molecule has 26 heavy (non-hydrogen) atoms. The Bertz CT molecular complexity index is 831. The molecule has 0 saturated carbocycles. The standard InChI is InChI=1S/C16H16F4O5S/c1-10-5-3-4-6-11(10)15(14(21)24-2)8-7-13(12(17)9-15)25-26(22,23)16(18,19)20/h3-7,12H,8-9H2,1-2H3. The summed E-state index contributed by atoms with van der Waals surface area (Å²) < 4.78 is 82.7. The van der Waals surface area contributed by atoms with Crippen LogP contribution in [-0.2, 0) is 29.2 Å². The van der Waals surface area contributed by atoms with E-state index in [1.165, 1.54) is 0 Å². The predicted molar refractivity (Wildman–Crippen MR) is 83.1 cm³/mol. The maximum Gasteiger partial charge on any atom is 0.534 e. The fraction of sp³-hybridized carbons (Fsp3) is 0.438. The maximum atomic E-state index is 14.5. The summed E-state index contributed by atoms with van der Waals surface area (Å²) in [6.45, 7) is 1.69. The van der Waals surface area contributed by atoms with Crippen LogP contribution in [0.25, 0.3) is 0 Å². The predicted octanol–water partition coefficient (Wildman–Crippen LogP) is 3.29. The number of esters is 1. The molecule has 0 N–H and O–H groups in total. The molecule has 5 nitrogen and oxygen atoms in total. The number of carbonyl (C=O) groups is 1. The summed E-state index contributed by atoms with van der Waals surface area (Å²) in [6, 6.07) is 6.62. The number of halogens is 4. The van der Waals surface area contributed by atoms with Crippen molar-refractivity contribution in [3.63, 3.8) is 0 Å². The van der Waals surface area contributed by atoms with E-state index in [-0.39, 0.29) is 6.42 Å². The lowest BCUT2D eigenvalue weighted by Gasteiger charge is -2.36. The van der Waals surface area contributed by atoms with Crippen LogP contribution in [0, 0.1) is 6.92 Å². The largest absolute Gasteiger partial charge is 0.534 e. The normalized spacial score (nSPS) is 23.9. The lowest BCUT2D eigenvalue weighted by atomic mass is 9.69. The highest BCUT2D eigenvalue weighted by molar-refractivity contribution is 7.87. The molecule has 0 aliphatic heterocycles. The Labute approximate surface area is 147 Å². The Morgan fingerprint density at radius 3 is 2.38 bits per heavy atom. The van der Waals surface area contributed by atoms with Crippen molar-refractivity contribution in [1.29, 1.82) is 0 Å². The maximum absolute atomic E-state index is 14.5. The summed E-state index contributed by atoms with van der Waals surface area (Å²) in [5.74, 6) is -1.76. The summed E-state index contributed by atoms with van der Waals surface area (Å²) in [5.41, 5.74) is -6.07. The van der Waals surface area contributed by atoms with E-state index in [1.807, 2.05) is 0 Å². The highest BCUT2D eigenvalue weighted by Crippen LogP contribution is 2.43. The van der Waals surface area contributed by atoms with Gasteiger partial charge in [0.1, 0.15) is 5.76 Å². The molecule has 144 valence electrons. The van der Waals surface area contributed by atoms with Crippen molar-refractivity contribution in [2.24, 2.45) is 0 Å². The summed E-state index contributed by atoms with van der Waals surface area (Å²) in [7, 11) is -4.88. The fourth-order valence-corrected chi connectivity index (χ4v) is 3.47. The molecule has 0 fully saturated rings. The molecule has 0 saturated heterocycles. The van der Waals surface area contributed by atoms with Gasteiger partial charge >= 0.3 is 21.6 Å². The number of hydrogen-bond acceptors (Lipinski definition) is 5. The van der Waals surface area contributed by atoms with Crippen LogP contribution in [0.2, 0.25) is 0 Å². The van der Waals surface area contributed by atoms with E-state index in [0.717, 1.165) is 13.2 Å². The second kappa shape index (κ2) is 6.90. The van der Waals surface area contributed by atoms with Crippen molar-refractivity contribution in [1.82, 2.24) is 0 Å². The smallest absolute Gasteiger partial charge is 0.468 e. The van der Waals surface area contributed by atoms with Gasteiger partial charge in [-0.1, -0.05) is 24.3 Å². The molecule has 10 heteroatoms. The Morgan fingerprint density at radius 2 is 1.88 bits per heavy atom. The average molecular weight is 396 g/mol. The van der Waals surface area contributed by atoms with Crippen LogP contribution in [0.4, 0.5) is 17.6 Å². The lowest BCUT2D eigenvalue weighted by Crippen LogP contribution is -2.43. The van der Waals surface area contributed by atoms with Gasteiger partial charge < -0.3 is 8.92 Å². The number of methoxy groups -OCH3 is 1. The number of ether oxygens (including phenoxy) is 1. The van der Waals surface area contributed by atoms with Gasteiger partial charge in [0.05, 0.1) is 12.5 Å². The van der Waals surface area contributed by atoms with Gasteiger partial charge in [-0.15, -0.1) is 0 Å². The fourth-order valence-electron chi connectivity index (χ4n) is 2.95. The molecular weight excluding hydrogens is 380 g/mol.